The molecule has 0 saturated heterocycles. The zero-order chi connectivity index (χ0) is 16.0. The lowest BCUT2D eigenvalue weighted by Crippen LogP contribution is -2.10. The van der Waals surface area contributed by atoms with E-state index >= 15 is 0 Å². The number of furan rings is 1. The van der Waals surface area contributed by atoms with E-state index in [0.29, 0.717) is 17.0 Å². The van der Waals surface area contributed by atoms with Crippen LogP contribution in [0.25, 0.3) is 32.9 Å². The van der Waals surface area contributed by atoms with Gasteiger partial charge in [-0.2, -0.15) is 0 Å². The van der Waals surface area contributed by atoms with E-state index in [-0.39, 0.29) is 5.63 Å². The minimum atomic E-state index is -0.364. The van der Waals surface area contributed by atoms with Gasteiger partial charge in [-0.15, -0.1) is 0 Å². The monoisotopic (exact) mass is 305 g/mol. The average molecular weight is 305 g/mol. The van der Waals surface area contributed by atoms with Crippen molar-refractivity contribution < 1.29 is 8.83 Å². The van der Waals surface area contributed by atoms with Crippen LogP contribution in [0.5, 0.6) is 0 Å². The maximum absolute atomic E-state index is 12.4. The highest BCUT2D eigenvalue weighted by Crippen LogP contribution is 2.32. The number of benzene rings is 2. The van der Waals surface area contributed by atoms with Gasteiger partial charge in [-0.25, -0.2) is 4.79 Å². The van der Waals surface area contributed by atoms with Crippen molar-refractivity contribution >= 4 is 27.6 Å². The SMILES string of the molecule is CN(C)c1occc1-c1cc2c(ccc3ccccc32)oc1=O. The molecule has 0 spiro atoms. The van der Waals surface area contributed by atoms with Crippen LogP contribution < -0.4 is 10.5 Å². The molecule has 4 nitrogen and oxygen atoms in total. The molecule has 23 heavy (non-hydrogen) atoms. The van der Waals surface area contributed by atoms with E-state index in [4.69, 9.17) is 8.83 Å². The Morgan fingerprint density at radius 3 is 2.57 bits per heavy atom. The third-order valence-corrected chi connectivity index (χ3v) is 3.98. The summed E-state index contributed by atoms with van der Waals surface area (Å²) in [6.07, 6.45) is 1.58. The van der Waals surface area contributed by atoms with E-state index in [1.807, 2.05) is 61.5 Å². The molecule has 0 aliphatic heterocycles. The average Bonchev–Trinajstić information content (AvgIpc) is 3.03. The molecular formula is C19H15NO3. The van der Waals surface area contributed by atoms with Crippen molar-refractivity contribution in [3.05, 3.63) is 65.2 Å². The van der Waals surface area contributed by atoms with E-state index in [9.17, 15) is 4.79 Å². The molecule has 0 fully saturated rings. The maximum Gasteiger partial charge on any atom is 0.344 e. The fourth-order valence-corrected chi connectivity index (χ4v) is 2.91. The second-order valence-corrected chi connectivity index (χ2v) is 5.68. The molecule has 2 heterocycles. The molecule has 0 bridgehead atoms. The zero-order valence-corrected chi connectivity index (χ0v) is 12.9. The second kappa shape index (κ2) is 5.02. The van der Waals surface area contributed by atoms with Crippen LogP contribution in [-0.4, -0.2) is 14.1 Å². The quantitative estimate of drug-likeness (QED) is 0.410. The first-order chi connectivity index (χ1) is 11.1. The molecule has 4 rings (SSSR count). The molecular weight excluding hydrogens is 290 g/mol. The van der Waals surface area contributed by atoms with E-state index < -0.39 is 0 Å². The molecule has 114 valence electrons. The Labute approximate surface area is 132 Å². The summed E-state index contributed by atoms with van der Waals surface area (Å²) < 4.78 is 11.0. The van der Waals surface area contributed by atoms with Crippen LogP contribution >= 0.6 is 0 Å². The number of fused-ring (bicyclic) bond motifs is 3. The van der Waals surface area contributed by atoms with Gasteiger partial charge in [-0.05, 0) is 29.0 Å². The highest BCUT2D eigenvalue weighted by Gasteiger charge is 2.16. The molecule has 2 aromatic heterocycles. The predicted octanol–water partition coefficient (Wildman–Crippen LogP) is 4.27. The molecule has 0 unspecified atom stereocenters. The fourth-order valence-electron chi connectivity index (χ4n) is 2.91. The number of nitrogens with zero attached hydrogens (tertiary/aromatic N) is 1. The van der Waals surface area contributed by atoms with Gasteiger partial charge in [0.2, 0.25) is 5.88 Å². The lowest BCUT2D eigenvalue weighted by Gasteiger charge is -2.11. The molecule has 4 aromatic rings. The molecule has 4 heteroatoms. The highest BCUT2D eigenvalue weighted by atomic mass is 16.4. The Kier molecular flexibility index (Phi) is 2.98. The first kappa shape index (κ1) is 13.6. The van der Waals surface area contributed by atoms with Crippen molar-refractivity contribution in [3.63, 3.8) is 0 Å². The topological polar surface area (TPSA) is 46.6 Å². The molecule has 0 atom stereocenters. The summed E-state index contributed by atoms with van der Waals surface area (Å²) in [5, 5.41) is 3.09. The molecule has 0 aliphatic carbocycles. The van der Waals surface area contributed by atoms with Gasteiger partial charge >= 0.3 is 5.63 Å². The Balaban J connectivity index is 2.08. The lowest BCUT2D eigenvalue weighted by atomic mass is 10.0. The molecule has 0 saturated carbocycles. The van der Waals surface area contributed by atoms with Gasteiger partial charge in [0.15, 0.2) is 0 Å². The number of hydrogen-bond donors (Lipinski definition) is 0. The normalized spacial score (nSPS) is 11.2. The van der Waals surface area contributed by atoms with Crippen LogP contribution in [0.1, 0.15) is 0 Å². The van der Waals surface area contributed by atoms with Gasteiger partial charge < -0.3 is 13.7 Å². The van der Waals surface area contributed by atoms with Gasteiger partial charge in [-0.1, -0.05) is 30.3 Å². The largest absolute Gasteiger partial charge is 0.448 e. The van der Waals surface area contributed by atoms with E-state index in [2.05, 4.69) is 0 Å². The van der Waals surface area contributed by atoms with Crippen molar-refractivity contribution in [2.45, 2.75) is 0 Å². The summed E-state index contributed by atoms with van der Waals surface area (Å²) in [7, 11) is 3.75. The van der Waals surface area contributed by atoms with Crippen LogP contribution in [0.4, 0.5) is 5.88 Å². The number of anilines is 1. The predicted molar refractivity (Wildman–Crippen MR) is 92.0 cm³/mol. The Morgan fingerprint density at radius 2 is 1.74 bits per heavy atom. The van der Waals surface area contributed by atoms with Crippen molar-refractivity contribution in [2.75, 3.05) is 19.0 Å². The van der Waals surface area contributed by atoms with Crippen LogP contribution in [0.15, 0.2) is 68.4 Å². The number of rotatable bonds is 2. The zero-order valence-electron chi connectivity index (χ0n) is 12.9. The van der Waals surface area contributed by atoms with Crippen LogP contribution in [0.2, 0.25) is 0 Å². The Bertz CT molecular complexity index is 1070. The van der Waals surface area contributed by atoms with E-state index in [1.54, 1.807) is 12.3 Å². The third-order valence-electron chi connectivity index (χ3n) is 3.98. The summed E-state index contributed by atoms with van der Waals surface area (Å²) in [6.45, 7) is 0. The summed E-state index contributed by atoms with van der Waals surface area (Å²) >= 11 is 0. The van der Waals surface area contributed by atoms with Gasteiger partial charge in [0.25, 0.3) is 0 Å². The highest BCUT2D eigenvalue weighted by molar-refractivity contribution is 6.06. The summed E-state index contributed by atoms with van der Waals surface area (Å²) in [5.74, 6) is 0.636. The smallest absolute Gasteiger partial charge is 0.344 e. The van der Waals surface area contributed by atoms with Crippen LogP contribution in [0.3, 0.4) is 0 Å². The summed E-state index contributed by atoms with van der Waals surface area (Å²) in [5.41, 5.74) is 1.47. The van der Waals surface area contributed by atoms with E-state index in [0.717, 1.165) is 21.7 Å². The first-order valence-corrected chi connectivity index (χ1v) is 7.36. The standard InChI is InChI=1S/C19H15NO3/c1-20(2)18-14(9-10-22-18)16-11-15-13-6-4-3-5-12(13)7-8-17(15)23-19(16)21/h3-11H,1-2H3. The molecule has 0 amide bonds. The van der Waals surface area contributed by atoms with Crippen molar-refractivity contribution in [1.29, 1.82) is 0 Å². The van der Waals surface area contributed by atoms with Crippen molar-refractivity contribution in [1.82, 2.24) is 0 Å². The number of hydrogen-bond acceptors (Lipinski definition) is 4. The fraction of sp³-hybridized carbons (Fsp3) is 0.105. The molecule has 0 N–H and O–H groups in total. The second-order valence-electron chi connectivity index (χ2n) is 5.68. The minimum Gasteiger partial charge on any atom is -0.448 e. The third kappa shape index (κ3) is 2.11. The Morgan fingerprint density at radius 1 is 0.913 bits per heavy atom. The van der Waals surface area contributed by atoms with Crippen LogP contribution in [-0.2, 0) is 0 Å². The van der Waals surface area contributed by atoms with Crippen molar-refractivity contribution in [3.8, 4) is 11.1 Å². The van der Waals surface area contributed by atoms with Gasteiger partial charge in [0.05, 0.1) is 17.4 Å². The summed E-state index contributed by atoms with van der Waals surface area (Å²) in [6, 6.07) is 15.5. The summed E-state index contributed by atoms with van der Waals surface area (Å²) in [4.78, 5) is 14.3. The van der Waals surface area contributed by atoms with Crippen LogP contribution in [0, 0.1) is 0 Å². The van der Waals surface area contributed by atoms with E-state index in [1.165, 1.54) is 0 Å². The van der Waals surface area contributed by atoms with Gasteiger partial charge in [0, 0.05) is 19.5 Å². The van der Waals surface area contributed by atoms with Gasteiger partial charge in [-0.3, -0.25) is 0 Å². The Hall–Kier alpha value is -3.01. The minimum absolute atomic E-state index is 0.364. The molecule has 0 aliphatic rings. The maximum atomic E-state index is 12.4. The molecule has 0 radical (unpaired) electrons. The first-order valence-electron chi connectivity index (χ1n) is 7.36. The molecule has 2 aromatic carbocycles. The lowest BCUT2D eigenvalue weighted by molar-refractivity contribution is 0.559. The van der Waals surface area contributed by atoms with Gasteiger partial charge in [0.1, 0.15) is 5.58 Å². The van der Waals surface area contributed by atoms with Crippen molar-refractivity contribution in [2.24, 2.45) is 0 Å².